The molecular weight excluding hydrogens is 642 g/mol. The highest BCUT2D eigenvalue weighted by atomic mass is 35.5. The van der Waals surface area contributed by atoms with E-state index in [0.717, 1.165) is 31.7 Å². The fourth-order valence-corrected chi connectivity index (χ4v) is 6.69. The maximum absolute atomic E-state index is 15.6. The highest BCUT2D eigenvalue weighted by Gasteiger charge is 2.27. The van der Waals surface area contributed by atoms with E-state index in [2.05, 4.69) is 25.8 Å². The third kappa shape index (κ3) is 7.52. The van der Waals surface area contributed by atoms with Crippen LogP contribution < -0.4 is 20.7 Å². The van der Waals surface area contributed by atoms with Crippen LogP contribution in [0.5, 0.6) is 5.88 Å². The lowest BCUT2D eigenvalue weighted by Crippen LogP contribution is -2.47. The van der Waals surface area contributed by atoms with Gasteiger partial charge in [0.1, 0.15) is 0 Å². The first kappa shape index (κ1) is 33.1. The molecule has 6 rings (SSSR count). The van der Waals surface area contributed by atoms with Gasteiger partial charge in [-0.15, -0.1) is 0 Å². The lowest BCUT2D eigenvalue weighted by molar-refractivity contribution is -0.119. The Morgan fingerprint density at radius 3 is 2.57 bits per heavy atom. The topological polar surface area (TPSA) is 101 Å². The summed E-state index contributed by atoms with van der Waals surface area (Å²) in [6.07, 6.45) is 3.01. The van der Waals surface area contributed by atoms with Crippen molar-refractivity contribution in [1.29, 1.82) is 0 Å². The monoisotopic (exact) mass is 678 g/mol. The molecule has 2 aliphatic heterocycles. The molecule has 0 spiro atoms. The molecule has 4 aromatic rings. The van der Waals surface area contributed by atoms with Crippen molar-refractivity contribution in [3.05, 3.63) is 87.8 Å². The number of carbonyl (C=O) groups excluding carboxylic acids is 1. The first-order valence-corrected chi connectivity index (χ1v) is 16.3. The van der Waals surface area contributed by atoms with Crippen molar-refractivity contribution in [3.63, 3.8) is 0 Å². The van der Waals surface area contributed by atoms with E-state index in [9.17, 15) is 4.79 Å². The van der Waals surface area contributed by atoms with Crippen molar-refractivity contribution < 1.29 is 18.7 Å². The summed E-state index contributed by atoms with van der Waals surface area (Å²) in [5.74, 6) is 0.735. The van der Waals surface area contributed by atoms with E-state index in [-0.39, 0.29) is 17.8 Å². The maximum atomic E-state index is 15.6. The third-order valence-corrected chi connectivity index (χ3v) is 9.31. The van der Waals surface area contributed by atoms with E-state index in [1.807, 2.05) is 36.4 Å². The van der Waals surface area contributed by atoms with Crippen LogP contribution in [0.2, 0.25) is 10.0 Å². The summed E-state index contributed by atoms with van der Waals surface area (Å²) in [4.78, 5) is 23.0. The fraction of sp³-hybridized carbons (Fsp3) is 0.343. The second-order valence-electron chi connectivity index (χ2n) is 11.9. The predicted molar refractivity (Wildman–Crippen MR) is 183 cm³/mol. The van der Waals surface area contributed by atoms with Crippen molar-refractivity contribution >= 4 is 40.5 Å². The minimum atomic E-state index is -0.318. The van der Waals surface area contributed by atoms with Gasteiger partial charge in [-0.2, -0.15) is 0 Å². The zero-order valence-corrected chi connectivity index (χ0v) is 27.8. The summed E-state index contributed by atoms with van der Waals surface area (Å²) in [6, 6.07) is 16.6. The van der Waals surface area contributed by atoms with E-state index in [1.54, 1.807) is 38.6 Å². The van der Waals surface area contributed by atoms with Crippen LogP contribution in [0.25, 0.3) is 22.5 Å². The number of likely N-dealkylation sites (tertiary alicyclic amines) is 1. The predicted octanol–water partition coefficient (Wildman–Crippen LogP) is 6.46. The molecule has 0 unspecified atom stereocenters. The number of carbonyl (C=O) groups is 1. The van der Waals surface area contributed by atoms with E-state index in [4.69, 9.17) is 37.7 Å². The molecule has 0 radical (unpaired) electrons. The Kier molecular flexibility index (Phi) is 10.5. The van der Waals surface area contributed by atoms with Gasteiger partial charge in [-0.3, -0.25) is 14.7 Å². The number of rotatable bonds is 13. The number of amides is 1. The van der Waals surface area contributed by atoms with Gasteiger partial charge in [0.2, 0.25) is 11.8 Å². The average molecular weight is 680 g/mol. The van der Waals surface area contributed by atoms with E-state index in [1.165, 1.54) is 0 Å². The average Bonchev–Trinajstić information content (AvgIpc) is 3.47. The molecule has 47 heavy (non-hydrogen) atoms. The van der Waals surface area contributed by atoms with Crippen LogP contribution in [0.1, 0.15) is 24.0 Å². The van der Waals surface area contributed by atoms with Crippen molar-refractivity contribution in [3.8, 4) is 28.4 Å². The molecule has 2 fully saturated rings. The van der Waals surface area contributed by atoms with Crippen LogP contribution in [0.4, 0.5) is 15.8 Å². The van der Waals surface area contributed by atoms with E-state index >= 15 is 4.39 Å². The number of nitrogens with zero attached hydrogens (tertiary/aromatic N) is 3. The molecule has 2 aromatic carbocycles. The molecule has 2 aliphatic rings. The Bertz CT molecular complexity index is 1750. The number of hydrogen-bond acceptors (Lipinski definition) is 8. The lowest BCUT2D eigenvalue weighted by atomic mass is 10.00. The molecule has 9 nitrogen and oxygen atoms in total. The smallest absolute Gasteiger partial charge is 0.220 e. The Labute approximate surface area is 283 Å². The molecule has 0 bridgehead atoms. The molecule has 2 aromatic heterocycles. The minimum Gasteiger partial charge on any atom is -0.481 e. The molecule has 12 heteroatoms. The van der Waals surface area contributed by atoms with Gasteiger partial charge in [0.05, 0.1) is 46.5 Å². The Morgan fingerprint density at radius 2 is 1.81 bits per heavy atom. The molecule has 1 atom stereocenters. The van der Waals surface area contributed by atoms with Crippen LogP contribution in [0.15, 0.2) is 60.8 Å². The zero-order chi connectivity index (χ0) is 32.9. The molecule has 0 aliphatic carbocycles. The Morgan fingerprint density at radius 1 is 1.00 bits per heavy atom. The van der Waals surface area contributed by atoms with Crippen LogP contribution in [-0.4, -0.2) is 67.3 Å². The summed E-state index contributed by atoms with van der Waals surface area (Å²) in [6.45, 7) is 4.21. The van der Waals surface area contributed by atoms with Crippen molar-refractivity contribution in [2.45, 2.75) is 32.0 Å². The number of aromatic nitrogens is 2. The quantitative estimate of drug-likeness (QED) is 0.148. The van der Waals surface area contributed by atoms with Gasteiger partial charge in [-0.25, -0.2) is 9.37 Å². The van der Waals surface area contributed by atoms with Crippen LogP contribution in [0, 0.1) is 11.7 Å². The maximum Gasteiger partial charge on any atom is 0.220 e. The number of benzene rings is 2. The highest BCUT2D eigenvalue weighted by molar-refractivity contribution is 6.39. The SMILES string of the molecule is COCC1CN(Cc2cccc(Nc3ccnc(-c4cccc(-c5ccc(CNC[C@@H]6CCC(=O)N6)c(OC)n5)c4Cl)c3Cl)c2F)C1. The first-order chi connectivity index (χ1) is 22.8. The standard InChI is InChI=1S/C35H37Cl2FN6O3/c1-46-20-21-17-44(18-21)19-23-5-3-8-29(33(23)38)42-28-13-14-40-34(32(28)37)26-7-4-6-25(31(26)36)27-11-9-22(35(43-27)47-2)15-39-16-24-10-12-30(45)41-24/h3-9,11,13-14,21,24,39H,10,12,15-20H2,1-2H3,(H,40,42)(H,41,45)/t24-/m0/s1. The third-order valence-electron chi connectivity index (χ3n) is 8.52. The molecule has 2 saturated heterocycles. The lowest BCUT2D eigenvalue weighted by Gasteiger charge is -2.39. The number of nitrogens with one attached hydrogen (secondary N) is 3. The van der Waals surface area contributed by atoms with Gasteiger partial charge in [-0.05, 0) is 24.6 Å². The second-order valence-corrected chi connectivity index (χ2v) is 12.7. The summed E-state index contributed by atoms with van der Waals surface area (Å²) >= 11 is 13.9. The zero-order valence-electron chi connectivity index (χ0n) is 26.3. The second kappa shape index (κ2) is 15.0. The number of methoxy groups -OCH3 is 2. The van der Waals surface area contributed by atoms with Crippen LogP contribution >= 0.6 is 23.2 Å². The van der Waals surface area contributed by atoms with Gasteiger partial charge in [-0.1, -0.05) is 59.6 Å². The first-order valence-electron chi connectivity index (χ1n) is 15.6. The van der Waals surface area contributed by atoms with Crippen LogP contribution in [-0.2, 0) is 22.6 Å². The molecule has 3 N–H and O–H groups in total. The number of hydrogen-bond donors (Lipinski definition) is 3. The fourth-order valence-electron chi connectivity index (χ4n) is 6.11. The summed E-state index contributed by atoms with van der Waals surface area (Å²) < 4.78 is 26.4. The number of pyridine rings is 2. The normalized spacial score (nSPS) is 16.6. The van der Waals surface area contributed by atoms with Crippen LogP contribution in [0.3, 0.4) is 0 Å². The number of halogens is 3. The van der Waals surface area contributed by atoms with Gasteiger partial charge in [0, 0.05) is 86.7 Å². The molecule has 0 saturated carbocycles. The minimum absolute atomic E-state index is 0.0906. The Balaban J connectivity index is 1.19. The molecular formula is C35H37Cl2FN6O3. The molecule has 4 heterocycles. The summed E-state index contributed by atoms with van der Waals surface area (Å²) in [7, 11) is 3.28. The highest BCUT2D eigenvalue weighted by Crippen LogP contribution is 2.41. The van der Waals surface area contributed by atoms with E-state index in [0.29, 0.717) is 87.4 Å². The largest absolute Gasteiger partial charge is 0.481 e. The number of anilines is 2. The van der Waals surface area contributed by atoms with Crippen molar-refractivity contribution in [2.24, 2.45) is 5.92 Å². The Hall–Kier alpha value is -3.80. The molecule has 246 valence electrons. The van der Waals surface area contributed by atoms with Crippen molar-refractivity contribution in [1.82, 2.24) is 25.5 Å². The number of ether oxygens (including phenoxy) is 2. The van der Waals surface area contributed by atoms with Gasteiger partial charge in [0.15, 0.2) is 5.82 Å². The van der Waals surface area contributed by atoms with Gasteiger partial charge in [0.25, 0.3) is 0 Å². The molecule has 1 amide bonds. The van der Waals surface area contributed by atoms with Crippen molar-refractivity contribution in [2.75, 3.05) is 45.8 Å². The summed E-state index contributed by atoms with van der Waals surface area (Å²) in [5.41, 5.74) is 4.70. The van der Waals surface area contributed by atoms with Gasteiger partial charge < -0.3 is 25.4 Å². The van der Waals surface area contributed by atoms with E-state index < -0.39 is 0 Å². The summed E-state index contributed by atoms with van der Waals surface area (Å²) in [5, 5.41) is 10.2. The van der Waals surface area contributed by atoms with Gasteiger partial charge >= 0.3 is 0 Å².